The fourth-order valence-electron chi connectivity index (χ4n) is 2.82. The predicted molar refractivity (Wildman–Crippen MR) is 103 cm³/mol. The van der Waals surface area contributed by atoms with Crippen LogP contribution in [0.4, 0.5) is 0 Å². The lowest BCUT2D eigenvalue weighted by molar-refractivity contribution is -0.130. The van der Waals surface area contributed by atoms with Crippen LogP contribution in [0.1, 0.15) is 12.5 Å². The van der Waals surface area contributed by atoms with E-state index in [4.69, 9.17) is 11.6 Å². The van der Waals surface area contributed by atoms with Gasteiger partial charge < -0.3 is 15.5 Å². The Morgan fingerprint density at radius 1 is 1.12 bits per heavy atom. The highest BCUT2D eigenvalue weighted by Gasteiger charge is 2.17. The number of halogens is 1. The lowest BCUT2D eigenvalue weighted by Crippen LogP contribution is -2.50. The Balaban J connectivity index is 1.60. The summed E-state index contributed by atoms with van der Waals surface area (Å²) in [5.41, 5.74) is 1.25. The van der Waals surface area contributed by atoms with Crippen molar-refractivity contribution in [3.63, 3.8) is 0 Å². The summed E-state index contributed by atoms with van der Waals surface area (Å²) < 4.78 is 0. The van der Waals surface area contributed by atoms with E-state index in [0.29, 0.717) is 0 Å². The molecule has 0 spiro atoms. The van der Waals surface area contributed by atoms with Crippen molar-refractivity contribution < 1.29 is 4.79 Å². The molecule has 1 aromatic rings. The second-order valence-electron chi connectivity index (χ2n) is 6.15. The smallest absolute Gasteiger partial charge is 0.219 e. The molecule has 2 N–H and O–H groups in total. The number of piperazine rings is 1. The Kier molecular flexibility index (Phi) is 8.01. The first-order chi connectivity index (χ1) is 12.1. The Morgan fingerprint density at radius 3 is 2.36 bits per heavy atom. The molecule has 1 saturated heterocycles. The molecule has 0 radical (unpaired) electrons. The zero-order valence-corrected chi connectivity index (χ0v) is 15.9. The van der Waals surface area contributed by atoms with E-state index in [2.05, 4.69) is 20.5 Å². The lowest BCUT2D eigenvalue weighted by atomic mass is 10.1. The number of nitrogens with zero attached hydrogens (tertiary/aromatic N) is 3. The molecule has 1 amide bonds. The minimum atomic E-state index is 0.170. The fourth-order valence-corrected chi connectivity index (χ4v) is 2.94. The second kappa shape index (κ2) is 10.3. The van der Waals surface area contributed by atoms with Gasteiger partial charge in [0, 0.05) is 64.8 Å². The largest absolute Gasteiger partial charge is 0.356 e. The van der Waals surface area contributed by atoms with E-state index < -0.39 is 0 Å². The summed E-state index contributed by atoms with van der Waals surface area (Å²) in [4.78, 5) is 19.9. The van der Waals surface area contributed by atoms with Crippen LogP contribution in [0.15, 0.2) is 29.3 Å². The number of amides is 1. The molecule has 0 saturated carbocycles. The molecule has 2 rings (SSSR count). The average molecular weight is 366 g/mol. The highest BCUT2D eigenvalue weighted by molar-refractivity contribution is 6.30. The van der Waals surface area contributed by atoms with E-state index in [1.807, 2.05) is 29.2 Å². The van der Waals surface area contributed by atoms with Crippen molar-refractivity contribution in [2.45, 2.75) is 13.3 Å². The van der Waals surface area contributed by atoms with Crippen molar-refractivity contribution in [1.29, 1.82) is 0 Å². The third kappa shape index (κ3) is 6.92. The molecule has 1 fully saturated rings. The molecule has 0 atom stereocenters. The molecule has 1 heterocycles. The lowest BCUT2D eigenvalue weighted by Gasteiger charge is -2.34. The van der Waals surface area contributed by atoms with Crippen molar-refractivity contribution in [2.75, 3.05) is 52.9 Å². The molecular formula is C18H28ClN5O. The molecule has 1 aliphatic heterocycles. The monoisotopic (exact) mass is 365 g/mol. The molecule has 1 aromatic carbocycles. The van der Waals surface area contributed by atoms with Crippen LogP contribution < -0.4 is 10.6 Å². The third-order valence-corrected chi connectivity index (χ3v) is 4.63. The molecule has 0 bridgehead atoms. The number of hydrogen-bond donors (Lipinski definition) is 2. The molecule has 0 unspecified atom stereocenters. The van der Waals surface area contributed by atoms with Gasteiger partial charge in [-0.3, -0.25) is 14.7 Å². The number of nitrogens with one attached hydrogen (secondary N) is 2. The fraction of sp³-hybridized carbons (Fsp3) is 0.556. The number of benzene rings is 1. The molecule has 0 aliphatic carbocycles. The third-order valence-electron chi connectivity index (χ3n) is 4.38. The summed E-state index contributed by atoms with van der Waals surface area (Å²) in [6, 6.07) is 7.91. The van der Waals surface area contributed by atoms with Crippen LogP contribution in [0, 0.1) is 0 Å². The molecule has 1 aliphatic rings. The molecule has 0 aromatic heterocycles. The average Bonchev–Trinajstić information content (AvgIpc) is 2.62. The van der Waals surface area contributed by atoms with Gasteiger partial charge >= 0.3 is 0 Å². The topological polar surface area (TPSA) is 60.0 Å². The maximum Gasteiger partial charge on any atom is 0.219 e. The van der Waals surface area contributed by atoms with Crippen LogP contribution in [0.3, 0.4) is 0 Å². The summed E-state index contributed by atoms with van der Waals surface area (Å²) in [7, 11) is 1.78. The van der Waals surface area contributed by atoms with E-state index in [9.17, 15) is 4.79 Å². The van der Waals surface area contributed by atoms with Crippen LogP contribution in [-0.2, 0) is 11.2 Å². The van der Waals surface area contributed by atoms with Gasteiger partial charge in [-0.05, 0) is 24.1 Å². The van der Waals surface area contributed by atoms with Crippen LogP contribution in [0.5, 0.6) is 0 Å². The van der Waals surface area contributed by atoms with Gasteiger partial charge in [-0.25, -0.2) is 0 Å². The van der Waals surface area contributed by atoms with Crippen molar-refractivity contribution >= 4 is 23.5 Å². The summed E-state index contributed by atoms with van der Waals surface area (Å²) in [6.07, 6.45) is 0.922. The molecule has 25 heavy (non-hydrogen) atoms. The zero-order chi connectivity index (χ0) is 18.1. The summed E-state index contributed by atoms with van der Waals surface area (Å²) >= 11 is 5.90. The van der Waals surface area contributed by atoms with Gasteiger partial charge in [0.15, 0.2) is 5.96 Å². The van der Waals surface area contributed by atoms with Gasteiger partial charge in [0.05, 0.1) is 0 Å². The molecular weight excluding hydrogens is 338 g/mol. The van der Waals surface area contributed by atoms with Crippen molar-refractivity contribution in [3.8, 4) is 0 Å². The van der Waals surface area contributed by atoms with E-state index in [0.717, 1.165) is 63.2 Å². The Morgan fingerprint density at radius 2 is 1.76 bits per heavy atom. The van der Waals surface area contributed by atoms with Gasteiger partial charge in [-0.1, -0.05) is 23.7 Å². The minimum absolute atomic E-state index is 0.170. The first kappa shape index (κ1) is 19.5. The minimum Gasteiger partial charge on any atom is -0.356 e. The number of aliphatic imine (C=N–C) groups is 1. The number of guanidine groups is 1. The van der Waals surface area contributed by atoms with Gasteiger partial charge in [0.25, 0.3) is 0 Å². The molecule has 6 nitrogen and oxygen atoms in total. The summed E-state index contributed by atoms with van der Waals surface area (Å²) in [5.74, 6) is 0.986. The van der Waals surface area contributed by atoms with Gasteiger partial charge in [-0.15, -0.1) is 0 Å². The van der Waals surface area contributed by atoms with Crippen LogP contribution >= 0.6 is 11.6 Å². The van der Waals surface area contributed by atoms with Crippen molar-refractivity contribution in [3.05, 3.63) is 34.9 Å². The predicted octanol–water partition coefficient (Wildman–Crippen LogP) is 1.21. The normalized spacial score (nSPS) is 16.0. The van der Waals surface area contributed by atoms with E-state index in [-0.39, 0.29) is 5.91 Å². The Bertz CT molecular complexity index is 567. The maximum atomic E-state index is 11.3. The van der Waals surface area contributed by atoms with Crippen molar-refractivity contribution in [1.82, 2.24) is 20.4 Å². The zero-order valence-electron chi connectivity index (χ0n) is 15.1. The number of carbonyl (C=O) groups excluding carboxylic acids is 1. The first-order valence-corrected chi connectivity index (χ1v) is 9.13. The highest BCUT2D eigenvalue weighted by atomic mass is 35.5. The molecule has 138 valence electrons. The highest BCUT2D eigenvalue weighted by Crippen LogP contribution is 2.09. The number of carbonyl (C=O) groups is 1. The molecule has 7 heteroatoms. The Labute approximate surface area is 155 Å². The second-order valence-corrected chi connectivity index (χ2v) is 6.59. The van der Waals surface area contributed by atoms with E-state index in [1.165, 1.54) is 5.56 Å². The van der Waals surface area contributed by atoms with E-state index >= 15 is 0 Å². The van der Waals surface area contributed by atoms with Gasteiger partial charge in [0.2, 0.25) is 5.91 Å². The number of rotatable bonds is 6. The number of hydrogen-bond acceptors (Lipinski definition) is 3. The van der Waals surface area contributed by atoms with Crippen LogP contribution in [-0.4, -0.2) is 74.5 Å². The van der Waals surface area contributed by atoms with Crippen LogP contribution in [0.2, 0.25) is 5.02 Å². The SMILES string of the molecule is CN=C(NCCc1ccc(Cl)cc1)NCCN1CCN(C(C)=O)CC1. The summed E-state index contributed by atoms with van der Waals surface area (Å²) in [6.45, 7) is 7.75. The van der Waals surface area contributed by atoms with Crippen molar-refractivity contribution in [2.24, 2.45) is 4.99 Å². The maximum absolute atomic E-state index is 11.3. The van der Waals surface area contributed by atoms with Crippen LogP contribution in [0.25, 0.3) is 0 Å². The first-order valence-electron chi connectivity index (χ1n) is 8.75. The Hall–Kier alpha value is -1.79. The quantitative estimate of drug-likeness (QED) is 0.587. The van der Waals surface area contributed by atoms with Gasteiger partial charge in [-0.2, -0.15) is 0 Å². The van der Waals surface area contributed by atoms with E-state index in [1.54, 1.807) is 14.0 Å². The summed E-state index contributed by atoms with van der Waals surface area (Å²) in [5, 5.41) is 7.43. The van der Waals surface area contributed by atoms with Gasteiger partial charge in [0.1, 0.15) is 0 Å². The standard InChI is InChI=1S/C18H28ClN5O/c1-15(25)24-13-11-23(12-14-24)10-9-22-18(20-2)21-8-7-16-3-5-17(19)6-4-16/h3-6H,7-14H2,1-2H3,(H2,20,21,22).